The predicted molar refractivity (Wildman–Crippen MR) is 86.6 cm³/mol. The van der Waals surface area contributed by atoms with E-state index in [0.29, 0.717) is 44.2 Å². The van der Waals surface area contributed by atoms with Gasteiger partial charge in [0.15, 0.2) is 0 Å². The Bertz CT molecular complexity index is 640. The summed E-state index contributed by atoms with van der Waals surface area (Å²) in [5.74, 6) is 0.837. The smallest absolute Gasteiger partial charge is 0.246 e. The zero-order valence-electron chi connectivity index (χ0n) is 13.8. The van der Waals surface area contributed by atoms with Crippen molar-refractivity contribution in [2.75, 3.05) is 53.6 Å². The number of hydrogen-bond acceptors (Lipinski definition) is 6. The van der Waals surface area contributed by atoms with E-state index in [0.717, 1.165) is 5.56 Å². The van der Waals surface area contributed by atoms with Gasteiger partial charge in [-0.25, -0.2) is 8.42 Å². The van der Waals surface area contributed by atoms with E-state index in [1.165, 1.54) is 24.6 Å². The van der Waals surface area contributed by atoms with Gasteiger partial charge in [-0.2, -0.15) is 4.31 Å². The molecule has 0 amide bonds. The number of aliphatic hydroxyl groups excluding tert-OH is 1. The van der Waals surface area contributed by atoms with Crippen molar-refractivity contribution in [1.82, 2.24) is 9.21 Å². The lowest BCUT2D eigenvalue weighted by molar-refractivity contribution is 0.151. The molecular formula is C15H24N2O5S. The van der Waals surface area contributed by atoms with E-state index in [-0.39, 0.29) is 11.5 Å². The minimum atomic E-state index is -3.65. The molecule has 8 heteroatoms. The summed E-state index contributed by atoms with van der Waals surface area (Å²) in [5.41, 5.74) is 0.816. The van der Waals surface area contributed by atoms with Gasteiger partial charge in [0, 0.05) is 38.8 Å². The number of nitrogens with zero attached hydrogens (tertiary/aromatic N) is 2. The Hall–Kier alpha value is -1.35. The zero-order valence-corrected chi connectivity index (χ0v) is 14.6. The monoisotopic (exact) mass is 344 g/mol. The van der Waals surface area contributed by atoms with Crippen molar-refractivity contribution in [3.05, 3.63) is 17.7 Å². The molecule has 1 aliphatic heterocycles. The second kappa shape index (κ2) is 7.48. The molecule has 0 saturated carbocycles. The van der Waals surface area contributed by atoms with Crippen molar-refractivity contribution in [3.63, 3.8) is 0 Å². The highest BCUT2D eigenvalue weighted by molar-refractivity contribution is 7.89. The highest BCUT2D eigenvalue weighted by atomic mass is 32.2. The van der Waals surface area contributed by atoms with Gasteiger partial charge in [0.25, 0.3) is 0 Å². The Balaban J connectivity index is 2.29. The summed E-state index contributed by atoms with van der Waals surface area (Å²) in [7, 11) is -0.683. The van der Waals surface area contributed by atoms with E-state index in [2.05, 4.69) is 0 Å². The van der Waals surface area contributed by atoms with Crippen LogP contribution in [0.25, 0.3) is 0 Å². The highest BCUT2D eigenvalue weighted by Crippen LogP contribution is 2.33. The van der Waals surface area contributed by atoms with Crippen molar-refractivity contribution in [2.24, 2.45) is 0 Å². The quantitative estimate of drug-likeness (QED) is 0.800. The maximum Gasteiger partial charge on any atom is 0.246 e. The van der Waals surface area contributed by atoms with Crippen LogP contribution in [0, 0.1) is 6.92 Å². The SMILES string of the molecule is COc1cc(S(=O)(=O)N2CCN(CCO)CC2)c(OC)cc1C. The number of hydrogen-bond donors (Lipinski definition) is 1. The van der Waals surface area contributed by atoms with E-state index in [4.69, 9.17) is 14.6 Å². The number of rotatable bonds is 6. The molecule has 1 heterocycles. The molecule has 1 aromatic rings. The van der Waals surface area contributed by atoms with Crippen molar-refractivity contribution in [2.45, 2.75) is 11.8 Å². The Kier molecular flexibility index (Phi) is 5.85. The molecule has 1 N–H and O–H groups in total. The van der Waals surface area contributed by atoms with Crippen LogP contribution in [0.4, 0.5) is 0 Å². The average molecular weight is 344 g/mol. The van der Waals surface area contributed by atoms with E-state index in [1.807, 2.05) is 11.8 Å². The first-order valence-electron chi connectivity index (χ1n) is 7.50. The number of aliphatic hydroxyl groups is 1. The lowest BCUT2D eigenvalue weighted by Gasteiger charge is -2.33. The van der Waals surface area contributed by atoms with Crippen LogP contribution in [0.3, 0.4) is 0 Å². The highest BCUT2D eigenvalue weighted by Gasteiger charge is 2.31. The third kappa shape index (κ3) is 3.77. The molecule has 0 unspecified atom stereocenters. The number of aryl methyl sites for hydroxylation is 1. The van der Waals surface area contributed by atoms with Gasteiger partial charge in [-0.1, -0.05) is 0 Å². The maximum absolute atomic E-state index is 12.9. The molecule has 23 heavy (non-hydrogen) atoms. The van der Waals surface area contributed by atoms with Gasteiger partial charge in [0.1, 0.15) is 16.4 Å². The van der Waals surface area contributed by atoms with Gasteiger partial charge in [0.05, 0.1) is 20.8 Å². The first-order valence-corrected chi connectivity index (χ1v) is 8.94. The Morgan fingerprint density at radius 1 is 1.09 bits per heavy atom. The summed E-state index contributed by atoms with van der Waals surface area (Å²) < 4.78 is 37.8. The van der Waals surface area contributed by atoms with Crippen LogP contribution >= 0.6 is 0 Å². The molecule has 0 radical (unpaired) electrons. The van der Waals surface area contributed by atoms with Crippen molar-refractivity contribution >= 4 is 10.0 Å². The molecule has 0 aromatic heterocycles. The standard InChI is InChI=1S/C15H24N2O5S/c1-12-10-14(22-3)15(11-13(12)21-2)23(19,20)17-6-4-16(5-7-17)8-9-18/h10-11,18H,4-9H2,1-3H3. The minimum absolute atomic E-state index is 0.0791. The molecule has 1 fully saturated rings. The molecule has 1 saturated heterocycles. The van der Waals surface area contributed by atoms with Crippen LogP contribution in [0.15, 0.2) is 17.0 Å². The second-order valence-corrected chi connectivity index (χ2v) is 7.35. The molecule has 0 spiro atoms. The van der Waals surface area contributed by atoms with Gasteiger partial charge < -0.3 is 14.6 Å². The van der Waals surface area contributed by atoms with Gasteiger partial charge >= 0.3 is 0 Å². The number of sulfonamides is 1. The van der Waals surface area contributed by atoms with E-state index in [1.54, 1.807) is 6.07 Å². The van der Waals surface area contributed by atoms with E-state index in [9.17, 15) is 8.42 Å². The number of ether oxygens (including phenoxy) is 2. The summed E-state index contributed by atoms with van der Waals surface area (Å²) in [5, 5.41) is 8.97. The van der Waals surface area contributed by atoms with Crippen LogP contribution in [0.1, 0.15) is 5.56 Å². The molecule has 0 atom stereocenters. The van der Waals surface area contributed by atoms with Crippen LogP contribution in [-0.4, -0.2) is 76.3 Å². The van der Waals surface area contributed by atoms with Gasteiger partial charge in [-0.05, 0) is 18.6 Å². The number of piperazine rings is 1. The fraction of sp³-hybridized carbons (Fsp3) is 0.600. The fourth-order valence-electron chi connectivity index (χ4n) is 2.70. The molecule has 130 valence electrons. The largest absolute Gasteiger partial charge is 0.496 e. The normalized spacial score (nSPS) is 17.2. The summed E-state index contributed by atoms with van der Waals surface area (Å²) in [6.07, 6.45) is 0. The summed E-state index contributed by atoms with van der Waals surface area (Å²) in [6.45, 7) is 4.47. The Morgan fingerprint density at radius 3 is 2.22 bits per heavy atom. The van der Waals surface area contributed by atoms with Crippen molar-refractivity contribution in [3.8, 4) is 11.5 Å². The Labute approximate surface area is 137 Å². The van der Waals surface area contributed by atoms with E-state index < -0.39 is 10.0 Å². The van der Waals surface area contributed by atoms with Crippen LogP contribution < -0.4 is 9.47 Å². The topological polar surface area (TPSA) is 79.3 Å². The molecule has 0 aliphatic carbocycles. The molecular weight excluding hydrogens is 320 g/mol. The van der Waals surface area contributed by atoms with Crippen LogP contribution in [-0.2, 0) is 10.0 Å². The zero-order chi connectivity index (χ0) is 17.0. The Morgan fingerprint density at radius 2 is 1.70 bits per heavy atom. The van der Waals surface area contributed by atoms with Gasteiger partial charge in [0.2, 0.25) is 10.0 Å². The summed E-state index contributed by atoms with van der Waals surface area (Å²) in [4.78, 5) is 2.16. The lowest BCUT2D eigenvalue weighted by Crippen LogP contribution is -2.49. The first kappa shape index (κ1) is 18.0. The average Bonchev–Trinajstić information content (AvgIpc) is 2.55. The van der Waals surface area contributed by atoms with Crippen molar-refractivity contribution in [1.29, 1.82) is 0 Å². The van der Waals surface area contributed by atoms with Gasteiger partial charge in [-0.15, -0.1) is 0 Å². The number of methoxy groups -OCH3 is 2. The molecule has 7 nitrogen and oxygen atoms in total. The first-order chi connectivity index (χ1) is 10.9. The predicted octanol–water partition coefficient (Wildman–Crippen LogP) is 0.311. The van der Waals surface area contributed by atoms with Crippen LogP contribution in [0.5, 0.6) is 11.5 Å². The second-order valence-electron chi connectivity index (χ2n) is 5.44. The lowest BCUT2D eigenvalue weighted by atomic mass is 10.2. The molecule has 0 bridgehead atoms. The number of benzene rings is 1. The maximum atomic E-state index is 12.9. The molecule has 1 aromatic carbocycles. The fourth-order valence-corrected chi connectivity index (χ4v) is 4.27. The molecule has 2 rings (SSSR count). The van der Waals surface area contributed by atoms with Crippen LogP contribution in [0.2, 0.25) is 0 Å². The third-order valence-corrected chi connectivity index (χ3v) is 5.97. The number of β-amino-alcohol motifs (C(OH)–C–C–N with tert-alkyl or cyclic N) is 1. The summed E-state index contributed by atoms with van der Waals surface area (Å²) in [6, 6.07) is 3.19. The third-order valence-electron chi connectivity index (χ3n) is 4.05. The summed E-state index contributed by atoms with van der Waals surface area (Å²) >= 11 is 0. The molecule has 1 aliphatic rings. The van der Waals surface area contributed by atoms with E-state index >= 15 is 0 Å². The van der Waals surface area contributed by atoms with Gasteiger partial charge in [-0.3, -0.25) is 4.90 Å². The minimum Gasteiger partial charge on any atom is -0.496 e. The van der Waals surface area contributed by atoms with Crippen molar-refractivity contribution < 1.29 is 23.0 Å².